The summed E-state index contributed by atoms with van der Waals surface area (Å²) >= 11 is 6.12. The number of carbonyl (C=O) groups excluding carboxylic acids is 1. The maximum Gasteiger partial charge on any atom is 0.349 e. The molecule has 6 heteroatoms. The molecule has 0 aliphatic carbocycles. The van der Waals surface area contributed by atoms with Gasteiger partial charge in [0.2, 0.25) is 5.91 Å². The van der Waals surface area contributed by atoms with Crippen molar-refractivity contribution in [1.82, 2.24) is 9.55 Å². The molecule has 1 heterocycles. The summed E-state index contributed by atoms with van der Waals surface area (Å²) in [7, 11) is 0. The van der Waals surface area contributed by atoms with Crippen LogP contribution in [0, 0.1) is 6.92 Å². The third-order valence-corrected chi connectivity index (χ3v) is 5.10. The number of anilines is 1. The van der Waals surface area contributed by atoms with Crippen molar-refractivity contribution in [2.45, 2.75) is 13.5 Å². The summed E-state index contributed by atoms with van der Waals surface area (Å²) < 4.78 is 1.38. The average Bonchev–Trinajstić information content (AvgIpc) is 2.73. The fraction of sp³-hybridized carbons (Fsp3) is 0.0870. The van der Waals surface area contributed by atoms with Gasteiger partial charge in [-0.25, -0.2) is 4.79 Å². The first-order valence-corrected chi connectivity index (χ1v) is 9.52. The van der Waals surface area contributed by atoms with E-state index < -0.39 is 5.69 Å². The summed E-state index contributed by atoms with van der Waals surface area (Å²) in [6.45, 7) is 1.74. The Bertz CT molecular complexity index is 1270. The van der Waals surface area contributed by atoms with E-state index in [1.165, 1.54) is 4.57 Å². The molecule has 29 heavy (non-hydrogen) atoms. The molecule has 0 spiro atoms. The largest absolute Gasteiger partial charge is 0.349 e. The number of nitrogens with one attached hydrogen (secondary N) is 1. The van der Waals surface area contributed by atoms with E-state index in [0.717, 1.165) is 16.5 Å². The quantitative estimate of drug-likeness (QED) is 0.538. The van der Waals surface area contributed by atoms with Crippen LogP contribution in [0.5, 0.6) is 0 Å². The summed E-state index contributed by atoms with van der Waals surface area (Å²) in [5.41, 5.74) is 3.15. The van der Waals surface area contributed by atoms with Crippen molar-refractivity contribution in [1.29, 1.82) is 0 Å². The van der Waals surface area contributed by atoms with E-state index in [-0.39, 0.29) is 12.5 Å². The zero-order chi connectivity index (χ0) is 20.4. The number of hydrogen-bond acceptors (Lipinski definition) is 3. The Kier molecular flexibility index (Phi) is 5.14. The zero-order valence-electron chi connectivity index (χ0n) is 15.7. The van der Waals surface area contributed by atoms with Gasteiger partial charge < -0.3 is 5.32 Å². The SMILES string of the molecule is Cc1ccc(NC(=O)Cn2c(=O)nc(-c3ccccc3)c3ccccc32)cc1Cl. The molecule has 4 rings (SSSR count). The summed E-state index contributed by atoms with van der Waals surface area (Å²) in [6, 6.07) is 22.3. The number of benzene rings is 3. The lowest BCUT2D eigenvalue weighted by Crippen LogP contribution is -2.30. The second kappa shape index (κ2) is 7.89. The Labute approximate surface area is 172 Å². The lowest BCUT2D eigenvalue weighted by atomic mass is 10.1. The Morgan fingerprint density at radius 3 is 2.52 bits per heavy atom. The van der Waals surface area contributed by atoms with Crippen LogP contribution in [-0.2, 0) is 11.3 Å². The Hall–Kier alpha value is -3.44. The number of halogens is 1. The van der Waals surface area contributed by atoms with E-state index in [1.807, 2.05) is 67.6 Å². The maximum absolute atomic E-state index is 12.8. The molecule has 0 bridgehead atoms. The topological polar surface area (TPSA) is 64.0 Å². The minimum atomic E-state index is -0.473. The summed E-state index contributed by atoms with van der Waals surface area (Å²) in [5.74, 6) is -0.327. The molecule has 0 saturated heterocycles. The zero-order valence-corrected chi connectivity index (χ0v) is 16.5. The number of carbonyl (C=O) groups is 1. The number of fused-ring (bicyclic) bond motifs is 1. The van der Waals surface area contributed by atoms with Gasteiger partial charge in [-0.3, -0.25) is 9.36 Å². The first kappa shape index (κ1) is 18.9. The van der Waals surface area contributed by atoms with E-state index in [2.05, 4.69) is 10.3 Å². The smallest absolute Gasteiger partial charge is 0.324 e. The van der Waals surface area contributed by atoms with E-state index >= 15 is 0 Å². The predicted molar refractivity (Wildman–Crippen MR) is 116 cm³/mol. The molecule has 0 atom stereocenters. The third kappa shape index (κ3) is 3.91. The van der Waals surface area contributed by atoms with Gasteiger partial charge in [0.1, 0.15) is 6.54 Å². The number of amides is 1. The van der Waals surface area contributed by atoms with Gasteiger partial charge in [-0.2, -0.15) is 4.98 Å². The molecule has 1 aromatic heterocycles. The summed E-state index contributed by atoms with van der Waals surface area (Å²) in [4.78, 5) is 29.6. The van der Waals surface area contributed by atoms with Crippen molar-refractivity contribution in [3.8, 4) is 11.3 Å². The second-order valence-corrected chi connectivity index (χ2v) is 7.13. The Morgan fingerprint density at radius 1 is 1.03 bits per heavy atom. The van der Waals surface area contributed by atoms with Crippen LogP contribution >= 0.6 is 11.6 Å². The molecule has 0 fully saturated rings. The number of aromatic nitrogens is 2. The molecule has 5 nitrogen and oxygen atoms in total. The number of para-hydroxylation sites is 1. The van der Waals surface area contributed by atoms with Crippen LogP contribution in [0.2, 0.25) is 5.02 Å². The number of rotatable bonds is 4. The standard InChI is InChI=1S/C23H18ClN3O2/c1-15-11-12-17(13-19(15)24)25-21(28)14-27-20-10-6-5-9-18(20)22(26-23(27)29)16-7-3-2-4-8-16/h2-13H,14H2,1H3,(H,25,28). The van der Waals surface area contributed by atoms with Gasteiger partial charge in [0.25, 0.3) is 0 Å². The van der Waals surface area contributed by atoms with Crippen LogP contribution < -0.4 is 11.0 Å². The molecule has 0 unspecified atom stereocenters. The predicted octanol–water partition coefficient (Wildman–Crippen LogP) is 4.66. The van der Waals surface area contributed by atoms with E-state index in [9.17, 15) is 9.59 Å². The lowest BCUT2D eigenvalue weighted by Gasteiger charge is -2.13. The molecule has 3 aromatic carbocycles. The van der Waals surface area contributed by atoms with E-state index in [0.29, 0.717) is 21.9 Å². The Balaban J connectivity index is 1.71. The molecule has 0 aliphatic heterocycles. The van der Waals surface area contributed by atoms with Crippen LogP contribution in [0.3, 0.4) is 0 Å². The molecule has 0 aliphatic rings. The first-order chi connectivity index (χ1) is 14.0. The van der Waals surface area contributed by atoms with E-state index in [1.54, 1.807) is 12.1 Å². The molecule has 0 saturated carbocycles. The van der Waals surface area contributed by atoms with Crippen molar-refractivity contribution in [3.63, 3.8) is 0 Å². The van der Waals surface area contributed by atoms with Gasteiger partial charge in [0.05, 0.1) is 11.2 Å². The van der Waals surface area contributed by atoms with Gasteiger partial charge in [-0.05, 0) is 30.7 Å². The first-order valence-electron chi connectivity index (χ1n) is 9.14. The van der Waals surface area contributed by atoms with Gasteiger partial charge in [0.15, 0.2) is 0 Å². The average molecular weight is 404 g/mol. The van der Waals surface area contributed by atoms with Crippen LogP contribution in [0.1, 0.15) is 5.56 Å². The van der Waals surface area contributed by atoms with Crippen molar-refractivity contribution in [2.75, 3.05) is 5.32 Å². The van der Waals surface area contributed by atoms with Crippen molar-refractivity contribution >= 4 is 34.1 Å². The summed E-state index contributed by atoms with van der Waals surface area (Å²) in [5, 5.41) is 4.16. The van der Waals surface area contributed by atoms with Crippen molar-refractivity contribution in [3.05, 3.63) is 93.9 Å². The van der Waals surface area contributed by atoms with Crippen LogP contribution in [0.4, 0.5) is 5.69 Å². The normalized spacial score (nSPS) is 10.8. The molecule has 0 radical (unpaired) electrons. The number of aryl methyl sites for hydroxylation is 1. The molecule has 1 N–H and O–H groups in total. The maximum atomic E-state index is 12.8. The molecular weight excluding hydrogens is 386 g/mol. The van der Waals surface area contributed by atoms with Gasteiger partial charge >= 0.3 is 5.69 Å². The summed E-state index contributed by atoms with van der Waals surface area (Å²) in [6.07, 6.45) is 0. The van der Waals surface area contributed by atoms with E-state index in [4.69, 9.17) is 11.6 Å². The molecule has 4 aromatic rings. The highest BCUT2D eigenvalue weighted by atomic mass is 35.5. The third-order valence-electron chi connectivity index (χ3n) is 4.69. The van der Waals surface area contributed by atoms with Gasteiger partial charge in [-0.1, -0.05) is 66.2 Å². The molecule has 1 amide bonds. The van der Waals surface area contributed by atoms with Crippen LogP contribution in [-0.4, -0.2) is 15.5 Å². The van der Waals surface area contributed by atoms with Crippen LogP contribution in [0.15, 0.2) is 77.6 Å². The number of hydrogen-bond donors (Lipinski definition) is 1. The monoisotopic (exact) mass is 403 g/mol. The lowest BCUT2D eigenvalue weighted by molar-refractivity contribution is -0.116. The van der Waals surface area contributed by atoms with Gasteiger partial charge in [-0.15, -0.1) is 0 Å². The van der Waals surface area contributed by atoms with Crippen molar-refractivity contribution < 1.29 is 4.79 Å². The number of nitrogens with zero attached hydrogens (tertiary/aromatic N) is 2. The minimum Gasteiger partial charge on any atom is -0.324 e. The fourth-order valence-electron chi connectivity index (χ4n) is 3.21. The second-order valence-electron chi connectivity index (χ2n) is 6.72. The highest BCUT2D eigenvalue weighted by Gasteiger charge is 2.14. The highest BCUT2D eigenvalue weighted by Crippen LogP contribution is 2.25. The Morgan fingerprint density at radius 2 is 1.76 bits per heavy atom. The van der Waals surface area contributed by atoms with Crippen LogP contribution in [0.25, 0.3) is 22.2 Å². The minimum absolute atomic E-state index is 0.146. The molecular formula is C23H18ClN3O2. The fourth-order valence-corrected chi connectivity index (χ4v) is 3.39. The molecule has 144 valence electrons. The highest BCUT2D eigenvalue weighted by molar-refractivity contribution is 6.31. The van der Waals surface area contributed by atoms with Crippen molar-refractivity contribution in [2.24, 2.45) is 0 Å². The van der Waals surface area contributed by atoms with Gasteiger partial charge in [0, 0.05) is 21.7 Å².